The number of halogens is 2. The second kappa shape index (κ2) is 5.97. The Balaban J connectivity index is 3.14. The van der Waals surface area contributed by atoms with E-state index in [4.69, 9.17) is 5.73 Å². The van der Waals surface area contributed by atoms with Crippen LogP contribution in [0.5, 0.6) is 0 Å². The van der Waals surface area contributed by atoms with Gasteiger partial charge in [0.2, 0.25) is 0 Å². The molecule has 0 bridgehead atoms. The lowest BCUT2D eigenvalue weighted by Gasteiger charge is -2.40. The van der Waals surface area contributed by atoms with Crippen molar-refractivity contribution >= 4 is 0 Å². The van der Waals surface area contributed by atoms with Gasteiger partial charge in [0, 0.05) is 18.2 Å². The van der Waals surface area contributed by atoms with Gasteiger partial charge in [0.15, 0.2) is 0 Å². The van der Waals surface area contributed by atoms with E-state index in [-0.39, 0.29) is 23.6 Å². The van der Waals surface area contributed by atoms with Crippen LogP contribution in [0, 0.1) is 17.0 Å². The van der Waals surface area contributed by atoms with E-state index in [0.29, 0.717) is 0 Å². The largest absolute Gasteiger partial charge is 0.329 e. The van der Waals surface area contributed by atoms with Crippen molar-refractivity contribution in [2.75, 3.05) is 13.6 Å². The second-order valence-electron chi connectivity index (χ2n) is 6.09. The van der Waals surface area contributed by atoms with Crippen molar-refractivity contribution in [2.45, 2.75) is 39.8 Å². The summed E-state index contributed by atoms with van der Waals surface area (Å²) in [5.74, 6) is -1.08. The summed E-state index contributed by atoms with van der Waals surface area (Å²) in [7, 11) is 1.86. The van der Waals surface area contributed by atoms with E-state index in [1.807, 2.05) is 18.9 Å². The lowest BCUT2D eigenvalue weighted by molar-refractivity contribution is 0.0966. The monoisotopic (exact) mass is 270 g/mol. The smallest absolute Gasteiger partial charge is 0.130 e. The third-order valence-corrected chi connectivity index (χ3v) is 3.91. The van der Waals surface area contributed by atoms with E-state index < -0.39 is 17.7 Å². The quantitative estimate of drug-likeness (QED) is 0.909. The molecule has 1 rings (SSSR count). The molecule has 2 unspecified atom stereocenters. The molecule has 0 radical (unpaired) electrons. The molecule has 2 atom stereocenters. The lowest BCUT2D eigenvalue weighted by Crippen LogP contribution is -2.44. The van der Waals surface area contributed by atoms with Gasteiger partial charge in [-0.25, -0.2) is 8.78 Å². The van der Waals surface area contributed by atoms with E-state index in [2.05, 4.69) is 20.8 Å². The summed E-state index contributed by atoms with van der Waals surface area (Å²) in [5.41, 5.74) is 5.81. The molecule has 0 saturated heterocycles. The summed E-state index contributed by atoms with van der Waals surface area (Å²) < 4.78 is 27.8. The van der Waals surface area contributed by atoms with Crippen LogP contribution in [-0.4, -0.2) is 24.5 Å². The Morgan fingerprint density at radius 3 is 2.05 bits per heavy atom. The maximum absolute atomic E-state index is 13.9. The molecule has 19 heavy (non-hydrogen) atoms. The maximum Gasteiger partial charge on any atom is 0.130 e. The van der Waals surface area contributed by atoms with E-state index in [0.717, 1.165) is 0 Å². The summed E-state index contributed by atoms with van der Waals surface area (Å²) in [4.78, 5) is 1.95. The lowest BCUT2D eigenvalue weighted by atomic mass is 9.85. The summed E-state index contributed by atoms with van der Waals surface area (Å²) in [6, 6.07) is 3.60. The highest BCUT2D eigenvalue weighted by Crippen LogP contribution is 2.31. The Morgan fingerprint density at radius 1 is 1.21 bits per heavy atom. The van der Waals surface area contributed by atoms with Crippen LogP contribution in [0.4, 0.5) is 8.78 Å². The summed E-state index contributed by atoms with van der Waals surface area (Å²) in [6.45, 7) is 8.51. The van der Waals surface area contributed by atoms with Crippen LogP contribution in [0.2, 0.25) is 0 Å². The van der Waals surface area contributed by atoms with Crippen LogP contribution in [0.1, 0.15) is 39.3 Å². The SMILES string of the molecule is CC(N(C)C(CN)c1c(F)cccc1F)C(C)(C)C. The zero-order chi connectivity index (χ0) is 14.8. The molecule has 2 N–H and O–H groups in total. The molecule has 0 fully saturated rings. The number of likely N-dealkylation sites (N-methyl/N-ethyl adjacent to an activating group) is 1. The van der Waals surface area contributed by atoms with Crippen LogP contribution < -0.4 is 5.73 Å². The van der Waals surface area contributed by atoms with E-state index >= 15 is 0 Å². The van der Waals surface area contributed by atoms with Crippen molar-refractivity contribution in [3.8, 4) is 0 Å². The molecule has 108 valence electrons. The molecule has 0 heterocycles. The van der Waals surface area contributed by atoms with E-state index in [1.165, 1.54) is 18.2 Å². The first kappa shape index (κ1) is 16.1. The number of nitrogens with zero attached hydrogens (tertiary/aromatic N) is 1. The third-order valence-electron chi connectivity index (χ3n) is 3.91. The number of benzene rings is 1. The van der Waals surface area contributed by atoms with E-state index in [1.54, 1.807) is 0 Å². The first-order valence-electron chi connectivity index (χ1n) is 6.56. The van der Waals surface area contributed by atoms with Crippen LogP contribution in [0.3, 0.4) is 0 Å². The van der Waals surface area contributed by atoms with Gasteiger partial charge < -0.3 is 5.73 Å². The molecular weight excluding hydrogens is 246 g/mol. The minimum absolute atomic E-state index is 0.00387. The van der Waals surface area contributed by atoms with Crippen molar-refractivity contribution in [1.29, 1.82) is 0 Å². The molecule has 0 aliphatic rings. The zero-order valence-electron chi connectivity index (χ0n) is 12.4. The fraction of sp³-hybridized carbons (Fsp3) is 0.600. The van der Waals surface area contributed by atoms with Gasteiger partial charge in [-0.2, -0.15) is 0 Å². The molecule has 4 heteroatoms. The molecule has 0 amide bonds. The van der Waals surface area contributed by atoms with Gasteiger partial charge in [0.1, 0.15) is 11.6 Å². The van der Waals surface area contributed by atoms with Crippen LogP contribution in [0.25, 0.3) is 0 Å². The zero-order valence-corrected chi connectivity index (χ0v) is 12.4. The van der Waals surface area contributed by atoms with Gasteiger partial charge in [0.05, 0.1) is 6.04 Å². The minimum atomic E-state index is -0.539. The molecule has 0 aliphatic heterocycles. The average molecular weight is 270 g/mol. The normalized spacial score (nSPS) is 15.6. The minimum Gasteiger partial charge on any atom is -0.329 e. The highest BCUT2D eigenvalue weighted by molar-refractivity contribution is 5.24. The Kier molecular flexibility index (Phi) is 5.04. The average Bonchev–Trinajstić information content (AvgIpc) is 2.31. The predicted octanol–water partition coefficient (Wildman–Crippen LogP) is 3.33. The van der Waals surface area contributed by atoms with Gasteiger partial charge >= 0.3 is 0 Å². The molecule has 0 aliphatic carbocycles. The number of hydrogen-bond acceptors (Lipinski definition) is 2. The summed E-state index contributed by atoms with van der Waals surface area (Å²) >= 11 is 0. The summed E-state index contributed by atoms with van der Waals surface area (Å²) in [5, 5.41) is 0. The van der Waals surface area contributed by atoms with Crippen molar-refractivity contribution in [1.82, 2.24) is 4.90 Å². The Hall–Kier alpha value is -1.00. The molecular formula is C15H24F2N2. The van der Waals surface area contributed by atoms with Crippen molar-refractivity contribution in [3.05, 3.63) is 35.4 Å². The highest BCUT2D eigenvalue weighted by atomic mass is 19.1. The maximum atomic E-state index is 13.9. The second-order valence-corrected chi connectivity index (χ2v) is 6.09. The van der Waals surface area contributed by atoms with E-state index in [9.17, 15) is 8.78 Å². The molecule has 1 aromatic carbocycles. The Bertz CT molecular complexity index is 406. The summed E-state index contributed by atoms with van der Waals surface area (Å²) in [6.07, 6.45) is 0. The van der Waals surface area contributed by atoms with Crippen LogP contribution in [-0.2, 0) is 0 Å². The first-order chi connectivity index (χ1) is 8.70. The number of rotatable bonds is 4. The Morgan fingerprint density at radius 2 is 1.68 bits per heavy atom. The van der Waals surface area contributed by atoms with Gasteiger partial charge in [-0.15, -0.1) is 0 Å². The molecule has 2 nitrogen and oxygen atoms in total. The third kappa shape index (κ3) is 3.51. The predicted molar refractivity (Wildman–Crippen MR) is 74.8 cm³/mol. The van der Waals surface area contributed by atoms with Crippen LogP contribution >= 0.6 is 0 Å². The van der Waals surface area contributed by atoms with Crippen molar-refractivity contribution < 1.29 is 8.78 Å². The van der Waals surface area contributed by atoms with Crippen molar-refractivity contribution in [3.63, 3.8) is 0 Å². The van der Waals surface area contributed by atoms with Gasteiger partial charge in [-0.3, -0.25) is 4.90 Å². The van der Waals surface area contributed by atoms with Gasteiger partial charge in [-0.1, -0.05) is 26.8 Å². The number of nitrogens with two attached hydrogens (primary N) is 1. The molecule has 0 spiro atoms. The first-order valence-corrected chi connectivity index (χ1v) is 6.56. The fourth-order valence-electron chi connectivity index (χ4n) is 2.20. The highest BCUT2D eigenvalue weighted by Gasteiger charge is 2.31. The number of hydrogen-bond donors (Lipinski definition) is 1. The van der Waals surface area contributed by atoms with Gasteiger partial charge in [-0.05, 0) is 31.5 Å². The fourth-order valence-corrected chi connectivity index (χ4v) is 2.20. The van der Waals surface area contributed by atoms with Gasteiger partial charge in [0.25, 0.3) is 0 Å². The molecule has 1 aromatic rings. The Labute approximate surface area is 114 Å². The standard InChI is InChI=1S/C15H24F2N2/c1-10(15(2,3)4)19(5)13(9-18)14-11(16)7-6-8-12(14)17/h6-8,10,13H,9,18H2,1-5H3. The topological polar surface area (TPSA) is 29.3 Å². The molecule has 0 aromatic heterocycles. The molecule has 0 saturated carbocycles. The van der Waals surface area contributed by atoms with Crippen LogP contribution in [0.15, 0.2) is 18.2 Å². The van der Waals surface area contributed by atoms with Crippen molar-refractivity contribution in [2.24, 2.45) is 11.1 Å².